The average Bonchev–Trinajstić information content (AvgIpc) is 3.35. The third kappa shape index (κ3) is 6.69. The number of esters is 1. The molecule has 11 heteroatoms. The minimum absolute atomic E-state index is 0.162. The molecule has 0 fully saturated rings. The quantitative estimate of drug-likeness (QED) is 0.192. The highest BCUT2D eigenvalue weighted by Gasteiger charge is 2.36. The third-order valence-corrected chi connectivity index (χ3v) is 8.19. The van der Waals surface area contributed by atoms with E-state index in [1.54, 1.807) is 56.3 Å². The summed E-state index contributed by atoms with van der Waals surface area (Å²) in [4.78, 5) is 32.6. The van der Waals surface area contributed by atoms with Crippen LogP contribution in [-0.2, 0) is 16.1 Å². The number of nitrogens with zero attached hydrogens (tertiary/aromatic N) is 2. The van der Waals surface area contributed by atoms with Crippen LogP contribution in [0.3, 0.4) is 0 Å². The number of rotatable bonds is 12. The maximum absolute atomic E-state index is 14.2. The number of methoxy groups -OCH3 is 1. The fourth-order valence-corrected chi connectivity index (χ4v) is 6.24. The van der Waals surface area contributed by atoms with Crippen molar-refractivity contribution in [2.75, 3.05) is 26.9 Å². The number of carbonyl (C=O) groups is 1. The highest BCUT2D eigenvalue weighted by atomic mass is 32.1. The maximum Gasteiger partial charge on any atom is 0.338 e. The Morgan fingerprint density at radius 3 is 2.41 bits per heavy atom. The molecule has 1 aliphatic rings. The van der Waals surface area contributed by atoms with Crippen LogP contribution in [0.5, 0.6) is 23.0 Å². The molecule has 9 nitrogen and oxygen atoms in total. The molecule has 5 rings (SSSR count). The zero-order valence-electron chi connectivity index (χ0n) is 26.3. The van der Waals surface area contributed by atoms with Gasteiger partial charge in [0.2, 0.25) is 0 Å². The number of benzene rings is 3. The second-order valence-electron chi connectivity index (χ2n) is 10.2. The number of para-hydroxylation sites is 1. The maximum atomic E-state index is 14.2. The molecule has 1 atom stereocenters. The highest BCUT2D eigenvalue weighted by molar-refractivity contribution is 7.07. The zero-order chi connectivity index (χ0) is 32.8. The first-order valence-corrected chi connectivity index (χ1v) is 15.7. The monoisotopic (exact) mass is 646 g/mol. The van der Waals surface area contributed by atoms with Gasteiger partial charge in [-0.1, -0.05) is 41.7 Å². The van der Waals surface area contributed by atoms with Gasteiger partial charge in [-0.15, -0.1) is 0 Å². The van der Waals surface area contributed by atoms with Crippen molar-refractivity contribution in [2.24, 2.45) is 4.99 Å². The van der Waals surface area contributed by atoms with Crippen molar-refractivity contribution in [3.8, 4) is 23.0 Å². The number of fused-ring (bicyclic) bond motifs is 1. The van der Waals surface area contributed by atoms with E-state index in [4.69, 9.17) is 23.7 Å². The summed E-state index contributed by atoms with van der Waals surface area (Å²) in [6.07, 6.45) is 1.76. The van der Waals surface area contributed by atoms with Crippen molar-refractivity contribution >= 4 is 23.4 Å². The Labute approximate surface area is 269 Å². The van der Waals surface area contributed by atoms with E-state index in [9.17, 15) is 14.0 Å². The van der Waals surface area contributed by atoms with Gasteiger partial charge in [-0.05, 0) is 75.2 Å². The summed E-state index contributed by atoms with van der Waals surface area (Å²) in [5.41, 5.74) is 2.45. The number of allylic oxidation sites excluding steroid dienone is 1. The standard InChI is InChI=1S/C35H35FN2O7S/c1-6-42-28-18-23(14-17-26(28)45-20-22-12-15-24(36)16-13-22)19-29-33(39)38-31(25-10-9-11-27(41-5)32(25)43-7-2)30(34(40)44-8-3)21(4)37-35(38)46-29/h9-19,31H,6-8,20H2,1-5H3/b29-19+/t31-/m1/s1. The van der Waals surface area contributed by atoms with Gasteiger partial charge in [0.25, 0.3) is 5.56 Å². The van der Waals surface area contributed by atoms with E-state index in [-0.39, 0.29) is 30.2 Å². The molecule has 1 aromatic heterocycles. The summed E-state index contributed by atoms with van der Waals surface area (Å²) >= 11 is 1.21. The molecule has 46 heavy (non-hydrogen) atoms. The van der Waals surface area contributed by atoms with E-state index >= 15 is 0 Å². The lowest BCUT2D eigenvalue weighted by molar-refractivity contribution is -0.139. The normalized spacial score (nSPS) is 14.4. The van der Waals surface area contributed by atoms with Gasteiger partial charge in [0, 0.05) is 5.56 Å². The van der Waals surface area contributed by atoms with Gasteiger partial charge in [0.15, 0.2) is 27.8 Å². The molecule has 0 saturated carbocycles. The van der Waals surface area contributed by atoms with Crippen LogP contribution in [-0.4, -0.2) is 37.5 Å². The van der Waals surface area contributed by atoms with E-state index in [1.165, 1.54) is 35.1 Å². The van der Waals surface area contributed by atoms with E-state index in [2.05, 4.69) is 4.99 Å². The van der Waals surface area contributed by atoms with Crippen LogP contribution in [0.1, 0.15) is 50.4 Å². The van der Waals surface area contributed by atoms with Gasteiger partial charge in [0.1, 0.15) is 18.5 Å². The first-order valence-electron chi connectivity index (χ1n) is 14.9. The largest absolute Gasteiger partial charge is 0.493 e. The summed E-state index contributed by atoms with van der Waals surface area (Å²) in [5.74, 6) is 1.05. The zero-order valence-corrected chi connectivity index (χ0v) is 27.1. The Bertz CT molecular complexity index is 1950. The van der Waals surface area contributed by atoms with Crippen LogP contribution in [0.15, 0.2) is 81.7 Å². The minimum Gasteiger partial charge on any atom is -0.493 e. The summed E-state index contributed by atoms with van der Waals surface area (Å²) < 4.78 is 44.1. The summed E-state index contributed by atoms with van der Waals surface area (Å²) in [6, 6.07) is 16.0. The molecule has 2 heterocycles. The van der Waals surface area contributed by atoms with Gasteiger partial charge in [-0.3, -0.25) is 9.36 Å². The molecule has 0 amide bonds. The fraction of sp³-hybridized carbons (Fsp3) is 0.286. The van der Waals surface area contributed by atoms with Crippen molar-refractivity contribution in [1.82, 2.24) is 4.57 Å². The van der Waals surface area contributed by atoms with Crippen molar-refractivity contribution in [2.45, 2.75) is 40.3 Å². The highest BCUT2D eigenvalue weighted by Crippen LogP contribution is 2.41. The predicted octanol–water partition coefficient (Wildman–Crippen LogP) is 5.32. The number of hydrogen-bond acceptors (Lipinski definition) is 9. The molecule has 0 spiro atoms. The molecule has 240 valence electrons. The van der Waals surface area contributed by atoms with E-state index in [0.29, 0.717) is 62.4 Å². The van der Waals surface area contributed by atoms with E-state index < -0.39 is 12.0 Å². The number of thiazole rings is 1. The molecular formula is C35H35FN2O7S. The Balaban J connectivity index is 1.60. The van der Waals surface area contributed by atoms with E-state index in [0.717, 1.165) is 5.56 Å². The first kappa shape index (κ1) is 32.5. The predicted molar refractivity (Wildman–Crippen MR) is 173 cm³/mol. The van der Waals surface area contributed by atoms with Crippen LogP contribution in [0, 0.1) is 5.82 Å². The number of carbonyl (C=O) groups excluding carboxylic acids is 1. The minimum atomic E-state index is -0.865. The molecule has 0 N–H and O–H groups in total. The Kier molecular flexibility index (Phi) is 10.2. The number of ether oxygens (including phenoxy) is 5. The molecule has 0 saturated heterocycles. The lowest BCUT2D eigenvalue weighted by atomic mass is 9.94. The topological polar surface area (TPSA) is 97.6 Å². The van der Waals surface area contributed by atoms with Crippen LogP contribution < -0.4 is 33.8 Å². The second kappa shape index (κ2) is 14.5. The Morgan fingerprint density at radius 1 is 0.957 bits per heavy atom. The van der Waals surface area contributed by atoms with Crippen LogP contribution in [0.2, 0.25) is 0 Å². The smallest absolute Gasteiger partial charge is 0.338 e. The lowest BCUT2D eigenvalue weighted by Crippen LogP contribution is -2.40. The van der Waals surface area contributed by atoms with Crippen molar-refractivity contribution in [1.29, 1.82) is 0 Å². The lowest BCUT2D eigenvalue weighted by Gasteiger charge is -2.26. The Hall–Kier alpha value is -4.90. The second-order valence-corrected chi connectivity index (χ2v) is 11.2. The third-order valence-electron chi connectivity index (χ3n) is 7.20. The molecule has 0 aliphatic carbocycles. The van der Waals surface area contributed by atoms with E-state index in [1.807, 2.05) is 26.0 Å². The van der Waals surface area contributed by atoms with Crippen molar-refractivity contribution < 1.29 is 32.9 Å². The Morgan fingerprint density at radius 2 is 1.72 bits per heavy atom. The van der Waals surface area contributed by atoms with Gasteiger partial charge in [-0.2, -0.15) is 0 Å². The molecule has 0 radical (unpaired) electrons. The van der Waals surface area contributed by atoms with Gasteiger partial charge >= 0.3 is 5.97 Å². The fourth-order valence-electron chi connectivity index (χ4n) is 5.19. The molecule has 1 aliphatic heterocycles. The number of aromatic nitrogens is 1. The number of hydrogen-bond donors (Lipinski definition) is 0. The first-order chi connectivity index (χ1) is 22.3. The van der Waals surface area contributed by atoms with Gasteiger partial charge in [0.05, 0.1) is 42.7 Å². The van der Waals surface area contributed by atoms with Crippen LogP contribution in [0.25, 0.3) is 6.08 Å². The van der Waals surface area contributed by atoms with Gasteiger partial charge in [-0.25, -0.2) is 14.2 Å². The SMILES string of the molecule is CCOC(=O)C1=C(C)N=c2s/c(=C/c3ccc(OCc4ccc(F)cc4)c(OCC)c3)c(=O)n2[C@@H]1c1cccc(OC)c1OCC. The molecule has 0 unspecified atom stereocenters. The van der Waals surface area contributed by atoms with Gasteiger partial charge < -0.3 is 23.7 Å². The van der Waals surface area contributed by atoms with Crippen LogP contribution >= 0.6 is 11.3 Å². The summed E-state index contributed by atoms with van der Waals surface area (Å²) in [7, 11) is 1.54. The van der Waals surface area contributed by atoms with Crippen molar-refractivity contribution in [3.63, 3.8) is 0 Å². The molecular weight excluding hydrogens is 611 g/mol. The summed E-state index contributed by atoms with van der Waals surface area (Å²) in [5, 5.41) is 0. The summed E-state index contributed by atoms with van der Waals surface area (Å²) in [6.45, 7) is 8.32. The van der Waals surface area contributed by atoms with Crippen LogP contribution in [0.4, 0.5) is 4.39 Å². The molecule has 4 aromatic rings. The van der Waals surface area contributed by atoms with Crippen molar-refractivity contribution in [3.05, 3.63) is 114 Å². The average molecular weight is 647 g/mol. The number of halogens is 1. The molecule has 3 aromatic carbocycles. The molecule has 0 bridgehead atoms.